The van der Waals surface area contributed by atoms with E-state index >= 15 is 0 Å². The first-order valence-corrected chi connectivity index (χ1v) is 4.84. The number of benzene rings is 1. The van der Waals surface area contributed by atoms with Crippen LogP contribution in [0.15, 0.2) is 24.4 Å². The zero-order chi connectivity index (χ0) is 12.4. The monoisotopic (exact) mass is 233 g/mol. The highest BCUT2D eigenvalue weighted by Gasteiger charge is 2.14. The third kappa shape index (κ3) is 1.92. The number of aromatic hydroxyl groups is 1. The van der Waals surface area contributed by atoms with E-state index in [4.69, 9.17) is 5.73 Å². The normalized spacial score (nSPS) is 10.2. The van der Waals surface area contributed by atoms with Crippen molar-refractivity contribution in [2.45, 2.75) is 0 Å². The summed E-state index contributed by atoms with van der Waals surface area (Å²) in [4.78, 5) is 11.4. The van der Waals surface area contributed by atoms with Crippen LogP contribution in [0, 0.1) is 0 Å². The number of aromatic nitrogens is 2. The van der Waals surface area contributed by atoms with Crippen molar-refractivity contribution in [3.63, 3.8) is 0 Å². The Morgan fingerprint density at radius 1 is 1.53 bits per heavy atom. The number of nitrogens with two attached hydrogens (primary N) is 1. The summed E-state index contributed by atoms with van der Waals surface area (Å²) >= 11 is 0. The second-order valence-corrected chi connectivity index (χ2v) is 3.42. The summed E-state index contributed by atoms with van der Waals surface area (Å²) < 4.78 is 4.56. The fourth-order valence-corrected chi connectivity index (χ4v) is 1.49. The Labute approximate surface area is 97.0 Å². The Kier molecular flexibility index (Phi) is 2.70. The number of anilines is 1. The van der Waals surface area contributed by atoms with Crippen molar-refractivity contribution in [3.8, 4) is 17.0 Å². The predicted octanol–water partition coefficient (Wildman–Crippen LogP) is 1.15. The van der Waals surface area contributed by atoms with Crippen molar-refractivity contribution in [2.75, 3.05) is 12.8 Å². The number of nitrogen functional groups attached to an aromatic ring is 1. The summed E-state index contributed by atoms with van der Waals surface area (Å²) in [6.45, 7) is 0. The molecule has 0 spiro atoms. The van der Waals surface area contributed by atoms with E-state index in [0.29, 0.717) is 16.9 Å². The molecule has 2 rings (SSSR count). The van der Waals surface area contributed by atoms with E-state index in [0.717, 1.165) is 0 Å². The number of carbonyl (C=O) groups is 1. The number of nitrogens with zero attached hydrogens (tertiary/aromatic N) is 1. The van der Waals surface area contributed by atoms with E-state index < -0.39 is 5.97 Å². The Morgan fingerprint density at radius 3 is 2.88 bits per heavy atom. The van der Waals surface area contributed by atoms with Crippen LogP contribution < -0.4 is 5.73 Å². The summed E-state index contributed by atoms with van der Waals surface area (Å²) in [7, 11) is 1.25. The highest BCUT2D eigenvalue weighted by Crippen LogP contribution is 2.28. The van der Waals surface area contributed by atoms with E-state index in [9.17, 15) is 9.90 Å². The number of nitrogens with one attached hydrogen (secondary N) is 1. The summed E-state index contributed by atoms with van der Waals surface area (Å²) in [5, 5.41) is 16.0. The highest BCUT2D eigenvalue weighted by molar-refractivity contribution is 5.94. The second kappa shape index (κ2) is 4.17. The molecule has 1 aromatic heterocycles. The number of carbonyl (C=O) groups excluding carboxylic acids is 1. The van der Waals surface area contributed by atoms with Crippen molar-refractivity contribution in [2.24, 2.45) is 0 Å². The number of hydrogen-bond acceptors (Lipinski definition) is 5. The lowest BCUT2D eigenvalue weighted by molar-refractivity contribution is 0.0597. The van der Waals surface area contributed by atoms with Crippen LogP contribution in [0.2, 0.25) is 0 Å². The molecule has 88 valence electrons. The van der Waals surface area contributed by atoms with Crippen LogP contribution >= 0.6 is 0 Å². The molecule has 0 unspecified atom stereocenters. The molecular formula is C11H11N3O3. The first kappa shape index (κ1) is 11.0. The van der Waals surface area contributed by atoms with Crippen molar-refractivity contribution in [3.05, 3.63) is 30.0 Å². The number of methoxy groups -OCH3 is 1. The number of aromatic amines is 1. The van der Waals surface area contributed by atoms with Gasteiger partial charge in [-0.2, -0.15) is 5.10 Å². The lowest BCUT2D eigenvalue weighted by atomic mass is 10.1. The van der Waals surface area contributed by atoms with E-state index in [1.54, 1.807) is 6.07 Å². The quantitative estimate of drug-likeness (QED) is 0.675. The van der Waals surface area contributed by atoms with Crippen LogP contribution in [-0.4, -0.2) is 28.4 Å². The average Bonchev–Trinajstić information content (AvgIpc) is 2.75. The van der Waals surface area contributed by atoms with Crippen molar-refractivity contribution < 1.29 is 14.6 Å². The van der Waals surface area contributed by atoms with Gasteiger partial charge in [0.2, 0.25) is 0 Å². The molecule has 0 amide bonds. The molecule has 0 aliphatic carbocycles. The maximum absolute atomic E-state index is 11.4. The van der Waals surface area contributed by atoms with Crippen molar-refractivity contribution in [1.29, 1.82) is 0 Å². The Balaban J connectivity index is 2.52. The van der Waals surface area contributed by atoms with Gasteiger partial charge in [-0.3, -0.25) is 5.10 Å². The van der Waals surface area contributed by atoms with Crippen LogP contribution in [0.25, 0.3) is 11.3 Å². The molecular weight excluding hydrogens is 222 g/mol. The number of ether oxygens (including phenoxy) is 1. The zero-order valence-corrected chi connectivity index (χ0v) is 9.10. The maximum atomic E-state index is 11.4. The third-order valence-corrected chi connectivity index (χ3v) is 2.36. The van der Waals surface area contributed by atoms with Crippen LogP contribution in [0.1, 0.15) is 10.4 Å². The third-order valence-electron chi connectivity index (χ3n) is 2.36. The molecule has 0 aliphatic heterocycles. The molecule has 2 aromatic rings. The van der Waals surface area contributed by atoms with Crippen LogP contribution in [0.5, 0.6) is 5.75 Å². The van der Waals surface area contributed by atoms with E-state index in [-0.39, 0.29) is 11.3 Å². The van der Waals surface area contributed by atoms with Gasteiger partial charge < -0.3 is 15.6 Å². The number of esters is 1. The Bertz CT molecular complexity index is 563. The SMILES string of the molecule is COC(=O)c1cc(-c2[nH]ncc2N)ccc1O. The van der Waals surface area contributed by atoms with E-state index in [1.807, 2.05) is 0 Å². The van der Waals surface area contributed by atoms with Crippen molar-refractivity contribution in [1.82, 2.24) is 10.2 Å². The molecule has 0 saturated heterocycles. The molecule has 0 atom stereocenters. The summed E-state index contributed by atoms with van der Waals surface area (Å²) in [5.74, 6) is -0.749. The van der Waals surface area contributed by atoms with Gasteiger partial charge in [-0.25, -0.2) is 4.79 Å². The number of rotatable bonds is 2. The lowest BCUT2D eigenvalue weighted by Crippen LogP contribution is -2.02. The van der Waals surface area contributed by atoms with Crippen molar-refractivity contribution >= 4 is 11.7 Å². The summed E-state index contributed by atoms with van der Waals surface area (Å²) in [5.41, 5.74) is 7.49. The standard InChI is InChI=1S/C11H11N3O3/c1-17-11(16)7-4-6(2-3-9(7)15)10-8(12)5-13-14-10/h2-5,15H,12H2,1H3,(H,13,14). The molecule has 0 saturated carbocycles. The minimum Gasteiger partial charge on any atom is -0.507 e. The molecule has 6 nitrogen and oxygen atoms in total. The van der Waals surface area contributed by atoms with Gasteiger partial charge in [0.1, 0.15) is 11.3 Å². The van der Waals surface area contributed by atoms with Crippen LogP contribution in [0.3, 0.4) is 0 Å². The molecule has 0 bridgehead atoms. The molecule has 1 heterocycles. The molecule has 17 heavy (non-hydrogen) atoms. The molecule has 4 N–H and O–H groups in total. The molecule has 0 radical (unpaired) electrons. The Hall–Kier alpha value is -2.50. The average molecular weight is 233 g/mol. The molecule has 0 fully saturated rings. The van der Waals surface area contributed by atoms with Gasteiger partial charge in [-0.1, -0.05) is 0 Å². The second-order valence-electron chi connectivity index (χ2n) is 3.42. The minimum atomic E-state index is -0.609. The fourth-order valence-electron chi connectivity index (χ4n) is 1.49. The van der Waals surface area contributed by atoms with Gasteiger partial charge in [0.05, 0.1) is 24.7 Å². The first-order chi connectivity index (χ1) is 8.13. The van der Waals surface area contributed by atoms with Crippen LogP contribution in [-0.2, 0) is 4.74 Å². The van der Waals surface area contributed by atoms with E-state index in [2.05, 4.69) is 14.9 Å². The molecule has 1 aromatic carbocycles. The highest BCUT2D eigenvalue weighted by atomic mass is 16.5. The minimum absolute atomic E-state index is 0.0824. The molecule has 6 heteroatoms. The summed E-state index contributed by atoms with van der Waals surface area (Å²) in [6, 6.07) is 4.53. The van der Waals surface area contributed by atoms with Gasteiger partial charge in [-0.05, 0) is 18.2 Å². The van der Waals surface area contributed by atoms with Gasteiger partial charge >= 0.3 is 5.97 Å². The van der Waals surface area contributed by atoms with Gasteiger partial charge in [0, 0.05) is 5.56 Å². The number of phenols is 1. The lowest BCUT2D eigenvalue weighted by Gasteiger charge is -2.05. The topological polar surface area (TPSA) is 101 Å². The first-order valence-electron chi connectivity index (χ1n) is 4.84. The molecule has 0 aliphatic rings. The number of phenolic OH excluding ortho intramolecular Hbond substituents is 1. The largest absolute Gasteiger partial charge is 0.507 e. The van der Waals surface area contributed by atoms with Crippen LogP contribution in [0.4, 0.5) is 5.69 Å². The van der Waals surface area contributed by atoms with Gasteiger partial charge in [-0.15, -0.1) is 0 Å². The Morgan fingerprint density at radius 2 is 2.29 bits per heavy atom. The number of hydrogen-bond donors (Lipinski definition) is 3. The zero-order valence-electron chi connectivity index (χ0n) is 9.10. The number of H-pyrrole nitrogens is 1. The van der Waals surface area contributed by atoms with Gasteiger partial charge in [0.25, 0.3) is 0 Å². The fraction of sp³-hybridized carbons (Fsp3) is 0.0909. The smallest absolute Gasteiger partial charge is 0.341 e. The maximum Gasteiger partial charge on any atom is 0.341 e. The summed E-state index contributed by atoms with van der Waals surface area (Å²) in [6.07, 6.45) is 1.47. The predicted molar refractivity (Wildman–Crippen MR) is 61.4 cm³/mol. The van der Waals surface area contributed by atoms with E-state index in [1.165, 1.54) is 25.4 Å². The van der Waals surface area contributed by atoms with Gasteiger partial charge in [0.15, 0.2) is 0 Å².